The SMILES string of the molecule is COC(=O)c1cc(-c2ccccc2Cl)cc2cn[nH]c12. The highest BCUT2D eigenvalue weighted by atomic mass is 35.5. The molecule has 0 aliphatic carbocycles. The third kappa shape index (κ3) is 2.04. The van der Waals surface area contributed by atoms with Crippen LogP contribution in [0.1, 0.15) is 10.4 Å². The molecule has 0 saturated heterocycles. The maximum Gasteiger partial charge on any atom is 0.340 e. The zero-order valence-corrected chi connectivity index (χ0v) is 11.4. The Morgan fingerprint density at radius 3 is 2.85 bits per heavy atom. The van der Waals surface area contributed by atoms with Crippen molar-refractivity contribution in [3.05, 3.63) is 53.2 Å². The van der Waals surface area contributed by atoms with E-state index in [-0.39, 0.29) is 0 Å². The number of ether oxygens (including phenoxy) is 1. The van der Waals surface area contributed by atoms with E-state index >= 15 is 0 Å². The van der Waals surface area contributed by atoms with E-state index in [1.54, 1.807) is 12.3 Å². The normalized spacial score (nSPS) is 10.7. The van der Waals surface area contributed by atoms with E-state index in [0.29, 0.717) is 16.1 Å². The fourth-order valence-corrected chi connectivity index (χ4v) is 2.42. The lowest BCUT2D eigenvalue weighted by atomic mass is 10.0. The van der Waals surface area contributed by atoms with Gasteiger partial charge < -0.3 is 4.74 Å². The maximum absolute atomic E-state index is 11.9. The van der Waals surface area contributed by atoms with Gasteiger partial charge in [-0.1, -0.05) is 29.8 Å². The van der Waals surface area contributed by atoms with E-state index in [2.05, 4.69) is 10.2 Å². The topological polar surface area (TPSA) is 55.0 Å². The van der Waals surface area contributed by atoms with Crippen LogP contribution in [0.3, 0.4) is 0 Å². The van der Waals surface area contributed by atoms with Crippen LogP contribution in [-0.4, -0.2) is 23.3 Å². The molecule has 100 valence electrons. The molecule has 1 aromatic heterocycles. The van der Waals surface area contributed by atoms with Crippen molar-refractivity contribution in [2.45, 2.75) is 0 Å². The molecule has 0 atom stereocenters. The lowest BCUT2D eigenvalue weighted by molar-refractivity contribution is 0.0603. The van der Waals surface area contributed by atoms with Crippen LogP contribution in [0.15, 0.2) is 42.6 Å². The molecule has 4 nitrogen and oxygen atoms in total. The van der Waals surface area contributed by atoms with Gasteiger partial charge in [-0.2, -0.15) is 5.10 Å². The molecule has 0 aliphatic heterocycles. The Labute approximate surface area is 120 Å². The Bertz CT molecular complexity index is 795. The zero-order valence-electron chi connectivity index (χ0n) is 10.7. The number of rotatable bonds is 2. The summed E-state index contributed by atoms with van der Waals surface area (Å²) in [6.07, 6.45) is 1.67. The van der Waals surface area contributed by atoms with Gasteiger partial charge in [0.2, 0.25) is 0 Å². The fourth-order valence-electron chi connectivity index (χ4n) is 2.18. The number of hydrogen-bond donors (Lipinski definition) is 1. The molecule has 0 fully saturated rings. The van der Waals surface area contributed by atoms with E-state index in [9.17, 15) is 4.79 Å². The third-order valence-electron chi connectivity index (χ3n) is 3.14. The summed E-state index contributed by atoms with van der Waals surface area (Å²) in [5.41, 5.74) is 2.82. The molecule has 0 saturated carbocycles. The molecule has 20 heavy (non-hydrogen) atoms. The number of fused-ring (bicyclic) bond motifs is 1. The highest BCUT2D eigenvalue weighted by Gasteiger charge is 2.15. The van der Waals surface area contributed by atoms with E-state index < -0.39 is 5.97 Å². The maximum atomic E-state index is 11.9. The minimum atomic E-state index is -0.409. The quantitative estimate of drug-likeness (QED) is 0.731. The number of nitrogens with one attached hydrogen (secondary N) is 1. The summed E-state index contributed by atoms with van der Waals surface area (Å²) in [5, 5.41) is 8.25. The smallest absolute Gasteiger partial charge is 0.340 e. The fraction of sp³-hybridized carbons (Fsp3) is 0.0667. The van der Waals surface area contributed by atoms with E-state index in [0.717, 1.165) is 16.5 Å². The van der Waals surface area contributed by atoms with Crippen molar-refractivity contribution in [3.8, 4) is 11.1 Å². The molecular weight excluding hydrogens is 276 g/mol. The van der Waals surface area contributed by atoms with Gasteiger partial charge in [0.1, 0.15) is 0 Å². The average molecular weight is 287 g/mol. The van der Waals surface area contributed by atoms with Crippen LogP contribution >= 0.6 is 11.6 Å². The Balaban J connectivity index is 2.28. The van der Waals surface area contributed by atoms with Crippen molar-refractivity contribution in [2.24, 2.45) is 0 Å². The van der Waals surface area contributed by atoms with E-state index in [4.69, 9.17) is 16.3 Å². The molecule has 1 heterocycles. The Morgan fingerprint density at radius 2 is 2.10 bits per heavy atom. The monoisotopic (exact) mass is 286 g/mol. The minimum Gasteiger partial charge on any atom is -0.465 e. The standard InChI is InChI=1S/C15H11ClN2O2/c1-20-15(19)12-7-9(6-10-8-17-18-14(10)12)11-4-2-3-5-13(11)16/h2-8H,1H3,(H,17,18). The summed E-state index contributed by atoms with van der Waals surface area (Å²) >= 11 is 6.21. The van der Waals surface area contributed by atoms with Gasteiger partial charge in [-0.05, 0) is 23.8 Å². The number of aromatic nitrogens is 2. The number of esters is 1. The van der Waals surface area contributed by atoms with Gasteiger partial charge in [0, 0.05) is 16.0 Å². The van der Waals surface area contributed by atoms with Crippen molar-refractivity contribution >= 4 is 28.5 Å². The highest BCUT2D eigenvalue weighted by Crippen LogP contribution is 2.31. The molecule has 0 bridgehead atoms. The van der Waals surface area contributed by atoms with Gasteiger partial charge in [0.25, 0.3) is 0 Å². The predicted octanol–water partition coefficient (Wildman–Crippen LogP) is 3.67. The second-order valence-corrected chi connectivity index (χ2v) is 4.74. The van der Waals surface area contributed by atoms with Crippen molar-refractivity contribution in [1.82, 2.24) is 10.2 Å². The number of hydrogen-bond acceptors (Lipinski definition) is 3. The summed E-state index contributed by atoms with van der Waals surface area (Å²) in [6, 6.07) is 11.2. The van der Waals surface area contributed by atoms with E-state index in [1.165, 1.54) is 7.11 Å². The van der Waals surface area contributed by atoms with Gasteiger partial charge in [-0.3, -0.25) is 5.10 Å². The predicted molar refractivity (Wildman–Crippen MR) is 77.9 cm³/mol. The number of H-pyrrole nitrogens is 1. The number of methoxy groups -OCH3 is 1. The largest absolute Gasteiger partial charge is 0.465 e. The average Bonchev–Trinajstić information content (AvgIpc) is 2.94. The first-order chi connectivity index (χ1) is 9.70. The Hall–Kier alpha value is -2.33. The van der Waals surface area contributed by atoms with Gasteiger partial charge in [0.05, 0.1) is 24.4 Å². The third-order valence-corrected chi connectivity index (χ3v) is 3.47. The molecule has 0 spiro atoms. The summed E-state index contributed by atoms with van der Waals surface area (Å²) < 4.78 is 4.82. The highest BCUT2D eigenvalue weighted by molar-refractivity contribution is 6.33. The lowest BCUT2D eigenvalue weighted by Crippen LogP contribution is -2.02. The number of nitrogens with zero attached hydrogens (tertiary/aromatic N) is 1. The van der Waals surface area contributed by atoms with Crippen molar-refractivity contribution in [2.75, 3.05) is 7.11 Å². The van der Waals surface area contributed by atoms with Crippen LogP contribution < -0.4 is 0 Å². The summed E-state index contributed by atoms with van der Waals surface area (Å²) in [4.78, 5) is 11.9. The molecule has 3 aromatic rings. The van der Waals surface area contributed by atoms with Crippen LogP contribution in [-0.2, 0) is 4.74 Å². The molecule has 0 amide bonds. The van der Waals surface area contributed by atoms with Crippen molar-refractivity contribution in [1.29, 1.82) is 0 Å². The Kier molecular flexibility index (Phi) is 3.16. The number of carbonyl (C=O) groups excluding carboxylic acids is 1. The number of carbonyl (C=O) groups is 1. The molecular formula is C15H11ClN2O2. The molecule has 0 radical (unpaired) electrons. The van der Waals surface area contributed by atoms with Crippen LogP contribution in [0.4, 0.5) is 0 Å². The minimum absolute atomic E-state index is 0.409. The number of benzene rings is 2. The summed E-state index contributed by atoms with van der Waals surface area (Å²) in [6.45, 7) is 0. The molecule has 0 aliphatic rings. The van der Waals surface area contributed by atoms with Crippen LogP contribution in [0, 0.1) is 0 Å². The van der Waals surface area contributed by atoms with Crippen LogP contribution in [0.5, 0.6) is 0 Å². The lowest BCUT2D eigenvalue weighted by Gasteiger charge is -2.07. The van der Waals surface area contributed by atoms with Gasteiger partial charge in [-0.15, -0.1) is 0 Å². The van der Waals surface area contributed by atoms with Crippen molar-refractivity contribution in [3.63, 3.8) is 0 Å². The molecule has 3 rings (SSSR count). The molecule has 2 aromatic carbocycles. The number of halogens is 1. The molecule has 5 heteroatoms. The second kappa shape index (κ2) is 4.98. The number of aromatic amines is 1. The van der Waals surface area contributed by atoms with Gasteiger partial charge in [0.15, 0.2) is 0 Å². The summed E-state index contributed by atoms with van der Waals surface area (Å²) in [7, 11) is 1.35. The van der Waals surface area contributed by atoms with Crippen LogP contribution in [0.2, 0.25) is 5.02 Å². The Morgan fingerprint density at radius 1 is 1.30 bits per heavy atom. The van der Waals surface area contributed by atoms with Gasteiger partial charge >= 0.3 is 5.97 Å². The molecule has 1 N–H and O–H groups in total. The second-order valence-electron chi connectivity index (χ2n) is 4.33. The van der Waals surface area contributed by atoms with Crippen LogP contribution in [0.25, 0.3) is 22.0 Å². The van der Waals surface area contributed by atoms with Gasteiger partial charge in [-0.25, -0.2) is 4.79 Å². The summed E-state index contributed by atoms with van der Waals surface area (Å²) in [5.74, 6) is -0.409. The first kappa shape index (κ1) is 12.7. The zero-order chi connectivity index (χ0) is 14.1. The molecule has 0 unspecified atom stereocenters. The first-order valence-electron chi connectivity index (χ1n) is 6.01. The van der Waals surface area contributed by atoms with E-state index in [1.807, 2.05) is 30.3 Å². The first-order valence-corrected chi connectivity index (χ1v) is 6.39. The van der Waals surface area contributed by atoms with Crippen molar-refractivity contribution < 1.29 is 9.53 Å².